The standard InChI is InChI=1S/C23H24ClF2N5O3S/c24-15-10-35-17-7-16(30-18(15)17)22(34)31-13-3-4-14(23(25,26)8-13)19(31)21(33)29-12(9-27)6-11-2-1-5-28-20(11)32/h7,10-14,19,30H,1-6,8H2,(H,28,32)(H,29,33)/t11-,12-,13-,14-,19-/m0/s1. The zero-order chi connectivity index (χ0) is 24.9. The van der Waals surface area contributed by atoms with Gasteiger partial charge in [0.05, 0.1) is 27.2 Å². The highest BCUT2D eigenvalue weighted by molar-refractivity contribution is 7.17. The van der Waals surface area contributed by atoms with Gasteiger partial charge in [0.2, 0.25) is 11.8 Å². The summed E-state index contributed by atoms with van der Waals surface area (Å²) in [6, 6.07) is 0.338. The topological polar surface area (TPSA) is 118 Å². The zero-order valence-corrected chi connectivity index (χ0v) is 20.2. The van der Waals surface area contributed by atoms with Crippen molar-refractivity contribution in [3.8, 4) is 6.07 Å². The lowest BCUT2D eigenvalue weighted by atomic mass is 9.71. The Kier molecular flexibility index (Phi) is 6.21. The third kappa shape index (κ3) is 4.27. The van der Waals surface area contributed by atoms with Gasteiger partial charge in [-0.15, -0.1) is 11.3 Å². The maximum Gasteiger partial charge on any atom is 0.271 e. The molecule has 0 aromatic carbocycles. The summed E-state index contributed by atoms with van der Waals surface area (Å²) in [5.74, 6) is -6.42. The van der Waals surface area contributed by atoms with Crippen LogP contribution in [0, 0.1) is 23.2 Å². The molecule has 3 aliphatic heterocycles. The maximum atomic E-state index is 14.9. The summed E-state index contributed by atoms with van der Waals surface area (Å²) in [7, 11) is 0. The van der Waals surface area contributed by atoms with Crippen LogP contribution in [0.1, 0.15) is 49.0 Å². The number of amides is 3. The molecule has 35 heavy (non-hydrogen) atoms. The molecule has 3 N–H and O–H groups in total. The monoisotopic (exact) mass is 523 g/mol. The summed E-state index contributed by atoms with van der Waals surface area (Å²) < 4.78 is 30.6. The number of alkyl halides is 2. The fourth-order valence-electron chi connectivity index (χ4n) is 5.68. The summed E-state index contributed by atoms with van der Waals surface area (Å²) in [5.41, 5.74) is 0.766. The Labute approximate surface area is 209 Å². The number of rotatable bonds is 5. The number of H-pyrrole nitrogens is 1. The van der Waals surface area contributed by atoms with Gasteiger partial charge in [-0.05, 0) is 38.2 Å². The largest absolute Gasteiger partial charge is 0.356 e. The first-order valence-electron chi connectivity index (χ1n) is 11.6. The second-order valence-electron chi connectivity index (χ2n) is 9.52. The molecule has 0 radical (unpaired) electrons. The minimum absolute atomic E-state index is 0.0879. The van der Waals surface area contributed by atoms with E-state index in [-0.39, 0.29) is 24.4 Å². The van der Waals surface area contributed by atoms with E-state index in [9.17, 15) is 28.4 Å². The molecule has 4 aliphatic rings. The lowest BCUT2D eigenvalue weighted by molar-refractivity contribution is -0.179. The van der Waals surface area contributed by atoms with Crippen LogP contribution in [0.2, 0.25) is 5.02 Å². The summed E-state index contributed by atoms with van der Waals surface area (Å²) >= 11 is 7.50. The van der Waals surface area contributed by atoms with Crippen LogP contribution in [0.3, 0.4) is 0 Å². The molecule has 3 amide bonds. The highest BCUT2D eigenvalue weighted by atomic mass is 35.5. The van der Waals surface area contributed by atoms with Crippen molar-refractivity contribution in [2.75, 3.05) is 6.54 Å². The molecule has 4 fully saturated rings. The number of thiophene rings is 1. The van der Waals surface area contributed by atoms with E-state index in [4.69, 9.17) is 11.6 Å². The zero-order valence-electron chi connectivity index (χ0n) is 18.7. The van der Waals surface area contributed by atoms with Crippen molar-refractivity contribution < 1.29 is 23.2 Å². The lowest BCUT2D eigenvalue weighted by Gasteiger charge is -2.53. The predicted octanol–water partition coefficient (Wildman–Crippen LogP) is 3.44. The highest BCUT2D eigenvalue weighted by Crippen LogP contribution is 2.49. The van der Waals surface area contributed by atoms with Crippen molar-refractivity contribution in [3.63, 3.8) is 0 Å². The van der Waals surface area contributed by atoms with Gasteiger partial charge in [-0.25, -0.2) is 8.78 Å². The van der Waals surface area contributed by atoms with Crippen molar-refractivity contribution in [2.45, 2.75) is 62.6 Å². The van der Waals surface area contributed by atoms with E-state index in [0.717, 1.165) is 11.1 Å². The Morgan fingerprint density at radius 3 is 2.86 bits per heavy atom. The number of aromatic nitrogens is 1. The Bertz CT molecular complexity index is 1220. The minimum Gasteiger partial charge on any atom is -0.356 e. The highest BCUT2D eigenvalue weighted by Gasteiger charge is 2.60. The molecule has 5 heterocycles. The van der Waals surface area contributed by atoms with Gasteiger partial charge in [0, 0.05) is 30.3 Å². The molecule has 6 rings (SSSR count). The van der Waals surface area contributed by atoms with E-state index in [0.29, 0.717) is 29.9 Å². The van der Waals surface area contributed by atoms with E-state index in [2.05, 4.69) is 15.6 Å². The van der Waals surface area contributed by atoms with Crippen LogP contribution in [-0.2, 0) is 9.59 Å². The molecule has 12 heteroatoms. The Morgan fingerprint density at radius 1 is 1.37 bits per heavy atom. The van der Waals surface area contributed by atoms with Crippen molar-refractivity contribution in [1.82, 2.24) is 20.5 Å². The van der Waals surface area contributed by atoms with Crippen LogP contribution >= 0.6 is 22.9 Å². The third-order valence-corrected chi connectivity index (χ3v) is 8.73. The summed E-state index contributed by atoms with van der Waals surface area (Å²) in [6.07, 6.45) is 1.41. The van der Waals surface area contributed by atoms with Crippen LogP contribution < -0.4 is 10.6 Å². The van der Waals surface area contributed by atoms with Crippen LogP contribution in [0.4, 0.5) is 8.78 Å². The predicted molar refractivity (Wildman–Crippen MR) is 125 cm³/mol. The summed E-state index contributed by atoms with van der Waals surface area (Å²) in [4.78, 5) is 43.2. The van der Waals surface area contributed by atoms with Gasteiger partial charge in [0.1, 0.15) is 17.8 Å². The number of piperidine rings is 3. The Morgan fingerprint density at radius 2 is 2.17 bits per heavy atom. The van der Waals surface area contributed by atoms with Crippen molar-refractivity contribution in [3.05, 3.63) is 22.2 Å². The summed E-state index contributed by atoms with van der Waals surface area (Å²) in [6.45, 7) is 0.567. The number of nitrogens with one attached hydrogen (secondary N) is 3. The number of nitrogens with zero attached hydrogens (tertiary/aromatic N) is 2. The van der Waals surface area contributed by atoms with Gasteiger partial charge in [0.25, 0.3) is 11.8 Å². The fourth-order valence-corrected chi connectivity index (χ4v) is 6.83. The average molecular weight is 524 g/mol. The van der Waals surface area contributed by atoms with Crippen molar-refractivity contribution in [1.29, 1.82) is 5.26 Å². The van der Waals surface area contributed by atoms with Gasteiger partial charge in [-0.1, -0.05) is 11.6 Å². The van der Waals surface area contributed by atoms with Gasteiger partial charge in [-0.2, -0.15) is 5.26 Å². The van der Waals surface area contributed by atoms with Crippen LogP contribution in [0.25, 0.3) is 10.2 Å². The number of carbonyl (C=O) groups excluding carboxylic acids is 3. The number of hydrogen-bond acceptors (Lipinski definition) is 5. The van der Waals surface area contributed by atoms with Crippen LogP contribution in [-0.4, -0.2) is 58.2 Å². The third-order valence-electron chi connectivity index (χ3n) is 7.37. The molecular formula is C23H24ClF2N5O3S. The van der Waals surface area contributed by atoms with E-state index in [1.54, 1.807) is 11.4 Å². The van der Waals surface area contributed by atoms with Crippen molar-refractivity contribution >= 4 is 50.9 Å². The number of hydrogen-bond donors (Lipinski definition) is 3. The fraction of sp³-hybridized carbons (Fsp3) is 0.565. The first kappa shape index (κ1) is 24.0. The lowest BCUT2D eigenvalue weighted by Crippen LogP contribution is -2.68. The van der Waals surface area contributed by atoms with E-state index in [1.807, 2.05) is 6.07 Å². The molecule has 2 bridgehead atoms. The van der Waals surface area contributed by atoms with Gasteiger partial charge >= 0.3 is 0 Å². The van der Waals surface area contributed by atoms with E-state index >= 15 is 0 Å². The minimum atomic E-state index is -3.10. The van der Waals surface area contributed by atoms with E-state index < -0.39 is 54.1 Å². The van der Waals surface area contributed by atoms with Crippen LogP contribution in [0.5, 0.6) is 0 Å². The molecule has 8 nitrogen and oxygen atoms in total. The second kappa shape index (κ2) is 9.06. The molecule has 2 aromatic heterocycles. The van der Waals surface area contributed by atoms with Crippen molar-refractivity contribution in [2.24, 2.45) is 11.8 Å². The smallest absolute Gasteiger partial charge is 0.271 e. The number of fused-ring (bicyclic) bond motifs is 4. The SMILES string of the molecule is N#C[C@H](C[C@@H]1CCCNC1=O)NC(=O)[C@@H]1[C@@H]2CC[C@@H](CC2(F)F)N1C(=O)c1cc2scc(Cl)c2[nH]1. The average Bonchev–Trinajstić information content (AvgIpc) is 3.40. The first-order valence-corrected chi connectivity index (χ1v) is 12.9. The van der Waals surface area contributed by atoms with E-state index in [1.165, 1.54) is 16.2 Å². The number of nitriles is 1. The summed E-state index contributed by atoms with van der Waals surface area (Å²) in [5, 5.41) is 17.1. The molecular weight excluding hydrogens is 500 g/mol. The molecule has 5 atom stereocenters. The molecule has 0 spiro atoms. The molecule has 0 unspecified atom stereocenters. The number of carbonyl (C=O) groups is 3. The molecule has 3 saturated heterocycles. The Balaban J connectivity index is 1.40. The molecule has 1 aliphatic carbocycles. The van der Waals surface area contributed by atoms with Gasteiger partial charge in [-0.3, -0.25) is 14.4 Å². The van der Waals surface area contributed by atoms with Crippen LogP contribution in [0.15, 0.2) is 11.4 Å². The normalized spacial score (nSPS) is 28.4. The van der Waals surface area contributed by atoms with Gasteiger partial charge < -0.3 is 20.5 Å². The molecule has 186 valence electrons. The quantitative estimate of drug-likeness (QED) is 0.556. The molecule has 1 saturated carbocycles. The Hall–Kier alpha value is -2.71. The first-order chi connectivity index (χ1) is 16.7. The second-order valence-corrected chi connectivity index (χ2v) is 10.8. The van der Waals surface area contributed by atoms with Gasteiger partial charge in [0.15, 0.2) is 0 Å². The molecule has 2 aromatic rings. The maximum absolute atomic E-state index is 14.9. The number of aromatic amines is 1. The number of halogens is 3.